The zero-order valence-electron chi connectivity index (χ0n) is 18.1. The summed E-state index contributed by atoms with van der Waals surface area (Å²) in [6.45, 7) is 1.36. The van der Waals surface area contributed by atoms with Crippen LogP contribution in [-0.2, 0) is 17.9 Å². The Kier molecular flexibility index (Phi) is 7.41. The smallest absolute Gasteiger partial charge is 0.234 e. The second-order valence-corrected chi connectivity index (χ2v) is 7.24. The lowest BCUT2D eigenvalue weighted by atomic mass is 10.1. The highest BCUT2D eigenvalue weighted by Gasteiger charge is 2.30. The molecule has 1 saturated carbocycles. The van der Waals surface area contributed by atoms with E-state index in [4.69, 9.17) is 18.9 Å². The predicted molar refractivity (Wildman–Crippen MR) is 114 cm³/mol. The molecule has 1 N–H and O–H groups in total. The third kappa shape index (κ3) is 5.36. The average molecular weight is 415 g/mol. The van der Waals surface area contributed by atoms with Gasteiger partial charge < -0.3 is 24.3 Å². The molecule has 3 rings (SSSR count). The number of hydrogen-bond acceptors (Lipinski definition) is 6. The van der Waals surface area contributed by atoms with Gasteiger partial charge in [-0.3, -0.25) is 9.69 Å². The lowest BCUT2D eigenvalue weighted by molar-refractivity contribution is -0.122. The van der Waals surface area contributed by atoms with Crippen LogP contribution in [0.5, 0.6) is 23.0 Å². The number of hydrogen-bond donors (Lipinski definition) is 1. The second kappa shape index (κ2) is 10.2. The minimum Gasteiger partial charge on any atom is -0.496 e. The van der Waals surface area contributed by atoms with E-state index in [1.165, 1.54) is 0 Å². The molecule has 162 valence electrons. The van der Waals surface area contributed by atoms with Crippen LogP contribution in [0.2, 0.25) is 0 Å². The first-order valence-electron chi connectivity index (χ1n) is 10.0. The van der Waals surface area contributed by atoms with Crippen LogP contribution in [0, 0.1) is 0 Å². The first kappa shape index (κ1) is 21.8. The highest BCUT2D eigenvalue weighted by Crippen LogP contribution is 2.34. The van der Waals surface area contributed by atoms with Gasteiger partial charge in [-0.1, -0.05) is 18.2 Å². The topological polar surface area (TPSA) is 69.3 Å². The molecular weight excluding hydrogens is 384 g/mol. The lowest BCUT2D eigenvalue weighted by Crippen LogP contribution is -2.38. The number of methoxy groups -OCH3 is 4. The van der Waals surface area contributed by atoms with Crippen molar-refractivity contribution in [1.82, 2.24) is 10.2 Å². The lowest BCUT2D eigenvalue weighted by Gasteiger charge is -2.23. The Morgan fingerprint density at radius 1 is 0.900 bits per heavy atom. The average Bonchev–Trinajstić information content (AvgIpc) is 3.62. The monoisotopic (exact) mass is 414 g/mol. The maximum absolute atomic E-state index is 12.7. The molecule has 2 aromatic carbocycles. The van der Waals surface area contributed by atoms with Gasteiger partial charge in [-0.25, -0.2) is 0 Å². The van der Waals surface area contributed by atoms with E-state index in [0.717, 1.165) is 29.7 Å². The van der Waals surface area contributed by atoms with E-state index in [1.807, 2.05) is 30.3 Å². The highest BCUT2D eigenvalue weighted by molar-refractivity contribution is 5.78. The molecule has 0 atom stereocenters. The number of carbonyl (C=O) groups excluding carboxylic acids is 1. The third-order valence-corrected chi connectivity index (χ3v) is 5.24. The number of amides is 1. The van der Waals surface area contributed by atoms with Gasteiger partial charge in [0.05, 0.1) is 35.0 Å². The first-order valence-corrected chi connectivity index (χ1v) is 10.0. The number of rotatable bonds is 11. The number of benzene rings is 2. The Bertz CT molecular complexity index is 867. The molecule has 7 nitrogen and oxygen atoms in total. The molecule has 0 aliphatic heterocycles. The molecule has 0 unspecified atom stereocenters. The van der Waals surface area contributed by atoms with Crippen molar-refractivity contribution >= 4 is 5.91 Å². The van der Waals surface area contributed by atoms with Gasteiger partial charge in [-0.15, -0.1) is 0 Å². The van der Waals surface area contributed by atoms with Crippen molar-refractivity contribution in [3.8, 4) is 23.0 Å². The summed E-state index contributed by atoms with van der Waals surface area (Å²) in [5.74, 6) is 2.63. The van der Waals surface area contributed by atoms with Crippen molar-refractivity contribution in [2.45, 2.75) is 32.0 Å². The molecule has 1 aliphatic carbocycles. The van der Waals surface area contributed by atoms with E-state index in [2.05, 4.69) is 10.2 Å². The molecule has 0 saturated heterocycles. The molecule has 0 radical (unpaired) electrons. The zero-order chi connectivity index (χ0) is 21.5. The summed E-state index contributed by atoms with van der Waals surface area (Å²) < 4.78 is 21.6. The number of carbonyl (C=O) groups is 1. The van der Waals surface area contributed by atoms with E-state index >= 15 is 0 Å². The van der Waals surface area contributed by atoms with Gasteiger partial charge >= 0.3 is 0 Å². The van der Waals surface area contributed by atoms with Crippen molar-refractivity contribution in [2.24, 2.45) is 0 Å². The summed E-state index contributed by atoms with van der Waals surface area (Å²) in [7, 11) is 6.42. The largest absolute Gasteiger partial charge is 0.496 e. The molecule has 7 heteroatoms. The van der Waals surface area contributed by atoms with E-state index in [1.54, 1.807) is 34.5 Å². The van der Waals surface area contributed by atoms with Gasteiger partial charge in [0.2, 0.25) is 5.91 Å². The van der Waals surface area contributed by atoms with Crippen LogP contribution in [0.25, 0.3) is 0 Å². The molecule has 1 amide bonds. The van der Waals surface area contributed by atoms with Gasteiger partial charge in [-0.05, 0) is 25.0 Å². The van der Waals surface area contributed by atoms with Gasteiger partial charge in [0.1, 0.15) is 11.5 Å². The molecule has 1 fully saturated rings. The Morgan fingerprint density at radius 2 is 1.53 bits per heavy atom. The van der Waals surface area contributed by atoms with Crippen molar-refractivity contribution in [1.29, 1.82) is 0 Å². The Labute approximate surface area is 177 Å². The molecule has 0 bridgehead atoms. The normalized spacial score (nSPS) is 13.1. The maximum atomic E-state index is 12.7. The van der Waals surface area contributed by atoms with Crippen LogP contribution in [0.4, 0.5) is 0 Å². The van der Waals surface area contributed by atoms with Gasteiger partial charge in [0.25, 0.3) is 0 Å². The van der Waals surface area contributed by atoms with Crippen molar-refractivity contribution in [3.63, 3.8) is 0 Å². The summed E-state index contributed by atoms with van der Waals surface area (Å²) in [6.07, 6.45) is 2.23. The zero-order valence-corrected chi connectivity index (χ0v) is 18.1. The highest BCUT2D eigenvalue weighted by atomic mass is 16.5. The minimum absolute atomic E-state index is 0.0337. The minimum atomic E-state index is -0.0337. The third-order valence-electron chi connectivity index (χ3n) is 5.24. The van der Waals surface area contributed by atoms with Crippen molar-refractivity contribution < 1.29 is 23.7 Å². The molecule has 1 aliphatic rings. The standard InChI is InChI=1S/C23H30N2O5/c1-27-19-8-6-5-7-16(19)14-25(18-9-10-18)15-23(26)24-13-17-11-21(29-3)22(30-4)12-20(17)28-2/h5-8,11-12,18H,9-10,13-15H2,1-4H3,(H,24,26). The Hall–Kier alpha value is -2.93. The van der Waals surface area contributed by atoms with E-state index in [0.29, 0.717) is 42.9 Å². The fraction of sp³-hybridized carbons (Fsp3) is 0.435. The van der Waals surface area contributed by atoms with Crippen LogP contribution in [-0.4, -0.2) is 51.8 Å². The molecule has 2 aromatic rings. The van der Waals surface area contributed by atoms with Crippen LogP contribution >= 0.6 is 0 Å². The van der Waals surface area contributed by atoms with Gasteiger partial charge in [-0.2, -0.15) is 0 Å². The van der Waals surface area contributed by atoms with Crippen molar-refractivity contribution in [3.05, 3.63) is 47.5 Å². The molecule has 0 heterocycles. The molecule has 0 spiro atoms. The Morgan fingerprint density at radius 3 is 2.17 bits per heavy atom. The molecular formula is C23H30N2O5. The fourth-order valence-electron chi connectivity index (χ4n) is 3.47. The van der Waals surface area contributed by atoms with Gasteiger partial charge in [0, 0.05) is 36.3 Å². The predicted octanol–water partition coefficient (Wildman–Crippen LogP) is 3.00. The molecule has 30 heavy (non-hydrogen) atoms. The van der Waals surface area contributed by atoms with Crippen LogP contribution in [0.15, 0.2) is 36.4 Å². The number of ether oxygens (including phenoxy) is 4. The summed E-state index contributed by atoms with van der Waals surface area (Å²) in [5, 5.41) is 3.00. The Balaban J connectivity index is 1.64. The number of nitrogens with zero attached hydrogens (tertiary/aromatic N) is 1. The summed E-state index contributed by atoms with van der Waals surface area (Å²) >= 11 is 0. The van der Waals surface area contributed by atoms with Crippen molar-refractivity contribution in [2.75, 3.05) is 35.0 Å². The number of nitrogens with one attached hydrogen (secondary N) is 1. The summed E-state index contributed by atoms with van der Waals surface area (Å²) in [5.41, 5.74) is 1.91. The van der Waals surface area contributed by atoms with Crippen LogP contribution < -0.4 is 24.3 Å². The van der Waals surface area contributed by atoms with E-state index < -0.39 is 0 Å². The fourth-order valence-corrected chi connectivity index (χ4v) is 3.47. The first-order chi connectivity index (χ1) is 14.6. The van der Waals surface area contributed by atoms with E-state index in [-0.39, 0.29) is 5.91 Å². The summed E-state index contributed by atoms with van der Waals surface area (Å²) in [4.78, 5) is 14.9. The quantitative estimate of drug-likeness (QED) is 0.610. The van der Waals surface area contributed by atoms with Gasteiger partial charge in [0.15, 0.2) is 11.5 Å². The molecule has 0 aromatic heterocycles. The maximum Gasteiger partial charge on any atom is 0.234 e. The SMILES string of the molecule is COc1cc(OC)c(OC)cc1CNC(=O)CN(Cc1ccccc1OC)C1CC1. The van der Waals surface area contributed by atoms with Crippen LogP contribution in [0.3, 0.4) is 0 Å². The second-order valence-electron chi connectivity index (χ2n) is 7.24. The summed E-state index contributed by atoms with van der Waals surface area (Å²) in [6, 6.07) is 12.0. The number of para-hydroxylation sites is 1. The van der Waals surface area contributed by atoms with E-state index in [9.17, 15) is 4.79 Å². The van der Waals surface area contributed by atoms with Crippen LogP contribution in [0.1, 0.15) is 24.0 Å².